The van der Waals surface area contributed by atoms with Crippen LogP contribution in [-0.2, 0) is 44.5 Å². The summed E-state index contributed by atoms with van der Waals surface area (Å²) in [6.07, 6.45) is 6.93. The van der Waals surface area contributed by atoms with Gasteiger partial charge in [0.25, 0.3) is 11.5 Å². The highest BCUT2D eigenvalue weighted by atomic mass is 16.5. The van der Waals surface area contributed by atoms with E-state index in [2.05, 4.69) is 52.9 Å². The Morgan fingerprint density at radius 3 is 1.97 bits per heavy atom. The maximum absolute atomic E-state index is 12.6. The number of aryl methyl sites for hydroxylation is 1. The van der Waals surface area contributed by atoms with Crippen molar-refractivity contribution in [2.75, 3.05) is 114 Å². The van der Waals surface area contributed by atoms with Gasteiger partial charge in [-0.25, -0.2) is 14.6 Å². The summed E-state index contributed by atoms with van der Waals surface area (Å²) in [4.78, 5) is 89.5. The van der Waals surface area contributed by atoms with Crippen molar-refractivity contribution in [1.29, 1.82) is 0 Å². The Labute approximate surface area is 373 Å². The molecule has 4 fully saturated rings. The van der Waals surface area contributed by atoms with Gasteiger partial charge in [-0.2, -0.15) is 0 Å². The number of imide groups is 1. The Balaban J connectivity index is 0.000000211. The number of morpholine rings is 2. The van der Waals surface area contributed by atoms with Crippen molar-refractivity contribution in [2.24, 2.45) is 25.9 Å². The molecule has 0 radical (unpaired) electrons. The van der Waals surface area contributed by atoms with Crippen LogP contribution in [0.2, 0.25) is 0 Å². The molecular formula is C44H77N11O8. The maximum Gasteiger partial charge on any atom is 0.332 e. The second-order valence-corrected chi connectivity index (χ2v) is 17.7. The third-order valence-corrected chi connectivity index (χ3v) is 13.3. The molecule has 4 aliphatic rings. The molecule has 4 amide bonds. The molecule has 1 N–H and O–H groups in total. The van der Waals surface area contributed by atoms with Crippen molar-refractivity contribution >= 4 is 34.8 Å². The number of urea groups is 1. The first-order valence-electron chi connectivity index (χ1n) is 23.0. The molecule has 19 heteroatoms. The zero-order chi connectivity index (χ0) is 46.4. The summed E-state index contributed by atoms with van der Waals surface area (Å²) in [7, 11) is 10.7. The minimum atomic E-state index is -0.435. The van der Waals surface area contributed by atoms with Crippen LogP contribution in [0.25, 0.3) is 11.2 Å². The third-order valence-electron chi connectivity index (χ3n) is 13.3. The molecule has 356 valence electrons. The van der Waals surface area contributed by atoms with Crippen LogP contribution in [0.4, 0.5) is 4.79 Å². The lowest BCUT2D eigenvalue weighted by Crippen LogP contribution is -2.45. The predicted octanol–water partition coefficient (Wildman–Crippen LogP) is 0.916. The van der Waals surface area contributed by atoms with Crippen molar-refractivity contribution in [3.63, 3.8) is 0 Å². The number of piperidine rings is 1. The standard InChI is InChI=1S/C16H24N6O3.C14H25N3O3.C14H28N2O2/c1-18(2)11-5-7-21(8-6-11)12(23)9-22-10-17-14-13(22)15(24)20(4)16(25)19(14)3;1-4-11(2)12-13(18)17(14(19)15(12)3)6-5-16-7-9-20-10-8-16;1-4-12(2)14(15-3)13(17)6-5-7-16-8-10-18-11-9-16/h10-11H,5-9H2,1-4H3;11-12H,4-10H2,1-3H3;12,14-15H,4-11H2,1-3H3/t;11-,12?;12-,14-/m.00/s1. The van der Waals surface area contributed by atoms with E-state index in [0.717, 1.165) is 102 Å². The Hall–Kier alpha value is -4.01. The SMILES string of the molecule is CC[C@H](C)C1C(=O)N(CCN2CCOCC2)C(=O)N1C.CC[C@H](C)[C@H](NC)C(=O)CCCN1CCOCC1.CN(C)C1CCN(C(=O)Cn2cnc3c2c(=O)n(C)c(=O)n3C)CC1. The van der Waals surface area contributed by atoms with E-state index in [1.54, 1.807) is 19.0 Å². The van der Waals surface area contributed by atoms with Gasteiger partial charge in [-0.05, 0) is 58.8 Å². The van der Waals surface area contributed by atoms with Crippen LogP contribution < -0.4 is 16.6 Å². The molecule has 63 heavy (non-hydrogen) atoms. The van der Waals surface area contributed by atoms with E-state index < -0.39 is 11.2 Å². The molecule has 6 heterocycles. The fourth-order valence-electron chi connectivity index (χ4n) is 8.70. The second-order valence-electron chi connectivity index (χ2n) is 17.7. The number of likely N-dealkylation sites (tertiary alicyclic amines) is 1. The lowest BCUT2D eigenvalue weighted by molar-refractivity contribution is -0.133. The summed E-state index contributed by atoms with van der Waals surface area (Å²) in [6, 6.07) is 0.0744. The molecular weight excluding hydrogens is 811 g/mol. The average molecular weight is 888 g/mol. The van der Waals surface area contributed by atoms with E-state index in [0.29, 0.717) is 49.4 Å². The number of carbonyl (C=O) groups is 4. The van der Waals surface area contributed by atoms with E-state index in [4.69, 9.17) is 9.47 Å². The fourth-order valence-corrected chi connectivity index (χ4v) is 8.70. The number of aromatic nitrogens is 4. The van der Waals surface area contributed by atoms with Gasteiger partial charge in [-0.15, -0.1) is 0 Å². The number of fused-ring (bicyclic) bond motifs is 1. The lowest BCUT2D eigenvalue weighted by Gasteiger charge is -2.35. The van der Waals surface area contributed by atoms with E-state index in [-0.39, 0.29) is 47.9 Å². The number of rotatable bonds is 16. The van der Waals surface area contributed by atoms with Crippen molar-refractivity contribution < 1.29 is 28.7 Å². The third kappa shape index (κ3) is 13.5. The van der Waals surface area contributed by atoms with Crippen LogP contribution in [0.3, 0.4) is 0 Å². The zero-order valence-corrected chi connectivity index (χ0v) is 39.8. The number of nitrogens with zero attached hydrogens (tertiary/aromatic N) is 10. The van der Waals surface area contributed by atoms with Crippen molar-refractivity contribution in [3.05, 3.63) is 27.2 Å². The highest BCUT2D eigenvalue weighted by Crippen LogP contribution is 2.24. The van der Waals surface area contributed by atoms with E-state index in [9.17, 15) is 28.8 Å². The summed E-state index contributed by atoms with van der Waals surface area (Å²) in [6.45, 7) is 19.0. The van der Waals surface area contributed by atoms with Gasteiger partial charge in [0.15, 0.2) is 11.2 Å². The highest BCUT2D eigenvalue weighted by Gasteiger charge is 2.45. The Bertz CT molecular complexity index is 1910. The smallest absolute Gasteiger partial charge is 0.332 e. The first-order chi connectivity index (χ1) is 30.1. The first kappa shape index (κ1) is 51.6. The topological polar surface area (TPSA) is 180 Å². The quantitative estimate of drug-likeness (QED) is 0.236. The fraction of sp³-hybridized carbons (Fsp3) is 0.795. The monoisotopic (exact) mass is 888 g/mol. The van der Waals surface area contributed by atoms with E-state index in [1.165, 1.54) is 27.4 Å². The number of imidazole rings is 1. The second kappa shape index (κ2) is 24.9. The van der Waals surface area contributed by atoms with Gasteiger partial charge in [-0.1, -0.05) is 40.5 Å². The molecule has 2 aromatic rings. The molecule has 4 atom stereocenters. The number of hydrogen-bond acceptors (Lipinski definition) is 13. The van der Waals surface area contributed by atoms with Crippen LogP contribution in [0.5, 0.6) is 0 Å². The van der Waals surface area contributed by atoms with Crippen LogP contribution in [0, 0.1) is 11.8 Å². The predicted molar refractivity (Wildman–Crippen MR) is 243 cm³/mol. The van der Waals surface area contributed by atoms with Crippen molar-refractivity contribution in [2.45, 2.75) is 90.9 Å². The number of amides is 4. The summed E-state index contributed by atoms with van der Waals surface area (Å²) >= 11 is 0. The van der Waals surface area contributed by atoms with E-state index in [1.807, 2.05) is 25.8 Å². The minimum Gasteiger partial charge on any atom is -0.379 e. The Morgan fingerprint density at radius 2 is 1.43 bits per heavy atom. The van der Waals surface area contributed by atoms with Gasteiger partial charge < -0.3 is 34.1 Å². The minimum absolute atomic E-state index is 0.0275. The molecule has 0 saturated carbocycles. The number of Topliss-reactive ketones (excluding diaryl/α,β-unsaturated/α-hetero) is 1. The molecule has 19 nitrogen and oxygen atoms in total. The summed E-state index contributed by atoms with van der Waals surface area (Å²) < 4.78 is 14.5. The largest absolute Gasteiger partial charge is 0.379 e. The highest BCUT2D eigenvalue weighted by molar-refractivity contribution is 6.04. The number of carbonyl (C=O) groups excluding carboxylic acids is 4. The van der Waals surface area contributed by atoms with Gasteiger partial charge in [0.05, 0.1) is 38.8 Å². The number of ether oxygens (including phenoxy) is 2. The molecule has 0 spiro atoms. The summed E-state index contributed by atoms with van der Waals surface area (Å²) in [5.74, 6) is 0.906. The van der Waals surface area contributed by atoms with Crippen LogP contribution in [0.1, 0.15) is 66.2 Å². The number of likely N-dealkylation sites (N-methyl/N-ethyl adjacent to an activating group) is 2. The molecule has 2 aromatic heterocycles. The van der Waals surface area contributed by atoms with Crippen LogP contribution in [0.15, 0.2) is 15.9 Å². The Morgan fingerprint density at radius 1 is 0.841 bits per heavy atom. The van der Waals surface area contributed by atoms with Crippen molar-refractivity contribution in [3.8, 4) is 0 Å². The number of ketones is 1. The van der Waals surface area contributed by atoms with Gasteiger partial charge in [0, 0.05) is 86.0 Å². The van der Waals surface area contributed by atoms with Crippen molar-refractivity contribution in [1.82, 2.24) is 53.4 Å². The summed E-state index contributed by atoms with van der Waals surface area (Å²) in [5.41, 5.74) is -0.289. The number of nitrogens with one attached hydrogen (secondary N) is 1. The molecule has 0 bridgehead atoms. The average Bonchev–Trinajstić information content (AvgIpc) is 3.81. The molecule has 1 unspecified atom stereocenters. The van der Waals surface area contributed by atoms with Gasteiger partial charge in [0.2, 0.25) is 5.91 Å². The first-order valence-corrected chi connectivity index (χ1v) is 23.0. The van der Waals surface area contributed by atoms with Crippen LogP contribution in [-0.4, -0.2) is 203 Å². The number of hydrogen-bond donors (Lipinski definition) is 1. The molecule has 4 saturated heterocycles. The van der Waals surface area contributed by atoms with Crippen LogP contribution >= 0.6 is 0 Å². The lowest BCUT2D eigenvalue weighted by atomic mass is 9.93. The normalized spacial score (nSPS) is 20.7. The molecule has 4 aliphatic heterocycles. The van der Waals surface area contributed by atoms with Gasteiger partial charge in [-0.3, -0.25) is 43.0 Å². The van der Waals surface area contributed by atoms with E-state index >= 15 is 0 Å². The molecule has 6 rings (SSSR count). The van der Waals surface area contributed by atoms with Gasteiger partial charge in [0.1, 0.15) is 18.4 Å². The zero-order valence-electron chi connectivity index (χ0n) is 39.8. The maximum atomic E-state index is 12.6. The molecule has 0 aromatic carbocycles. The molecule has 0 aliphatic carbocycles. The van der Waals surface area contributed by atoms with Gasteiger partial charge >= 0.3 is 11.7 Å². The summed E-state index contributed by atoms with van der Waals surface area (Å²) in [5, 5.41) is 3.16. The Kier molecular flexibility index (Phi) is 20.4.